The molecule has 0 atom stereocenters. The van der Waals surface area contributed by atoms with Crippen molar-refractivity contribution in [2.24, 2.45) is 0 Å². The molecule has 2 heterocycles. The molecular weight excluding hydrogens is 254 g/mol. The van der Waals surface area contributed by atoms with Crippen LogP contribution in [-0.4, -0.2) is 16.0 Å². The molecule has 0 unspecified atom stereocenters. The molecule has 0 spiro atoms. The van der Waals surface area contributed by atoms with Gasteiger partial charge in [0.05, 0.1) is 5.69 Å². The number of anilines is 1. The summed E-state index contributed by atoms with van der Waals surface area (Å²) in [6.07, 6.45) is 0. The van der Waals surface area contributed by atoms with Crippen LogP contribution in [-0.2, 0) is 0 Å². The largest absolute Gasteiger partial charge is 0.358 e. The second-order valence-corrected chi connectivity index (χ2v) is 4.92. The van der Waals surface area contributed by atoms with Gasteiger partial charge in [-0.25, -0.2) is 0 Å². The monoisotopic (exact) mass is 269 g/mol. The molecule has 3 aromatic rings. The van der Waals surface area contributed by atoms with Crippen molar-refractivity contribution in [3.8, 4) is 0 Å². The number of nitrogens with one attached hydrogen (secondary N) is 2. The lowest BCUT2D eigenvalue weighted by Crippen LogP contribution is -2.11. The van der Waals surface area contributed by atoms with Gasteiger partial charge in [0.15, 0.2) is 0 Å². The third kappa shape index (κ3) is 2.07. The van der Waals surface area contributed by atoms with E-state index in [1.54, 1.807) is 19.1 Å². The molecular formula is C15H15N3O2. The van der Waals surface area contributed by atoms with Gasteiger partial charge in [0.25, 0.3) is 5.91 Å². The molecule has 1 amide bonds. The van der Waals surface area contributed by atoms with Gasteiger partial charge >= 0.3 is 0 Å². The maximum atomic E-state index is 12.2. The van der Waals surface area contributed by atoms with Crippen LogP contribution in [0, 0.1) is 20.8 Å². The number of carbonyl (C=O) groups excluding carboxylic acids is 1. The standard InChI is InChI=1S/C15H15N3O2/c1-8-6-14(20-18-8)17-15(19)11-4-5-13-12(7-11)9(2)10(3)16-13/h4-7,16H,1-3H3,(H,17,19). The van der Waals surface area contributed by atoms with Crippen molar-refractivity contribution < 1.29 is 9.32 Å². The SMILES string of the molecule is Cc1cc(NC(=O)c2ccc3[nH]c(C)c(C)c3c2)on1. The van der Waals surface area contributed by atoms with Gasteiger partial charge in [-0.1, -0.05) is 5.16 Å². The zero-order valence-corrected chi connectivity index (χ0v) is 11.6. The van der Waals surface area contributed by atoms with E-state index in [-0.39, 0.29) is 5.91 Å². The number of aryl methyl sites for hydroxylation is 3. The van der Waals surface area contributed by atoms with E-state index in [2.05, 4.69) is 15.5 Å². The Morgan fingerprint density at radius 3 is 2.75 bits per heavy atom. The van der Waals surface area contributed by atoms with E-state index >= 15 is 0 Å². The smallest absolute Gasteiger partial charge is 0.258 e. The van der Waals surface area contributed by atoms with Crippen molar-refractivity contribution in [1.29, 1.82) is 0 Å². The number of hydrogen-bond acceptors (Lipinski definition) is 3. The van der Waals surface area contributed by atoms with Crippen molar-refractivity contribution in [1.82, 2.24) is 10.1 Å². The summed E-state index contributed by atoms with van der Waals surface area (Å²) in [7, 11) is 0. The minimum Gasteiger partial charge on any atom is -0.358 e. The van der Waals surface area contributed by atoms with E-state index in [1.165, 1.54) is 0 Å². The normalized spacial score (nSPS) is 10.9. The van der Waals surface area contributed by atoms with Gasteiger partial charge in [-0.15, -0.1) is 0 Å². The van der Waals surface area contributed by atoms with Gasteiger partial charge in [-0.3, -0.25) is 10.1 Å². The fourth-order valence-corrected chi connectivity index (χ4v) is 2.21. The summed E-state index contributed by atoms with van der Waals surface area (Å²) in [5.41, 5.74) is 4.63. The van der Waals surface area contributed by atoms with Crippen molar-refractivity contribution >= 4 is 22.7 Å². The predicted molar refractivity (Wildman–Crippen MR) is 77.0 cm³/mol. The molecule has 0 radical (unpaired) electrons. The van der Waals surface area contributed by atoms with Gasteiger partial charge in [-0.05, 0) is 44.5 Å². The second-order valence-electron chi connectivity index (χ2n) is 4.92. The molecule has 5 heteroatoms. The predicted octanol–water partition coefficient (Wildman–Crippen LogP) is 3.33. The molecule has 2 N–H and O–H groups in total. The van der Waals surface area contributed by atoms with Crippen molar-refractivity contribution in [3.05, 3.63) is 46.8 Å². The van der Waals surface area contributed by atoms with Crippen LogP contribution in [0.4, 0.5) is 5.88 Å². The number of H-pyrrole nitrogens is 1. The third-order valence-corrected chi connectivity index (χ3v) is 3.44. The van der Waals surface area contributed by atoms with Gasteiger partial charge in [0.2, 0.25) is 5.88 Å². The molecule has 5 nitrogen and oxygen atoms in total. The highest BCUT2D eigenvalue weighted by atomic mass is 16.5. The number of benzene rings is 1. The van der Waals surface area contributed by atoms with E-state index in [0.717, 1.165) is 27.9 Å². The molecule has 102 valence electrons. The van der Waals surface area contributed by atoms with Crippen LogP contribution in [0.2, 0.25) is 0 Å². The fourth-order valence-electron chi connectivity index (χ4n) is 2.21. The van der Waals surface area contributed by atoms with E-state index in [1.807, 2.05) is 26.0 Å². The van der Waals surface area contributed by atoms with Crippen LogP contribution in [0.25, 0.3) is 10.9 Å². The first-order chi connectivity index (χ1) is 9.54. The summed E-state index contributed by atoms with van der Waals surface area (Å²) in [4.78, 5) is 15.5. The molecule has 3 rings (SSSR count). The Kier molecular flexibility index (Phi) is 2.82. The average Bonchev–Trinajstić information content (AvgIpc) is 2.94. The maximum Gasteiger partial charge on any atom is 0.258 e. The Balaban J connectivity index is 1.93. The zero-order chi connectivity index (χ0) is 14.3. The number of carbonyl (C=O) groups is 1. The molecule has 0 aliphatic carbocycles. The molecule has 20 heavy (non-hydrogen) atoms. The van der Waals surface area contributed by atoms with E-state index in [4.69, 9.17) is 4.52 Å². The summed E-state index contributed by atoms with van der Waals surface area (Å²) >= 11 is 0. The van der Waals surface area contributed by atoms with Crippen LogP contribution in [0.15, 0.2) is 28.8 Å². The number of hydrogen-bond donors (Lipinski definition) is 2. The molecule has 1 aromatic carbocycles. The van der Waals surface area contributed by atoms with Gasteiger partial charge in [0, 0.05) is 28.2 Å². The summed E-state index contributed by atoms with van der Waals surface area (Å²) < 4.78 is 4.98. The minimum absolute atomic E-state index is 0.207. The highest BCUT2D eigenvalue weighted by molar-refractivity contribution is 6.06. The second kappa shape index (κ2) is 4.52. The zero-order valence-electron chi connectivity index (χ0n) is 11.6. The maximum absolute atomic E-state index is 12.2. The number of rotatable bonds is 2. The van der Waals surface area contributed by atoms with Crippen molar-refractivity contribution in [2.45, 2.75) is 20.8 Å². The first-order valence-corrected chi connectivity index (χ1v) is 6.38. The minimum atomic E-state index is -0.207. The van der Waals surface area contributed by atoms with Crippen molar-refractivity contribution in [2.75, 3.05) is 5.32 Å². The molecule has 2 aromatic heterocycles. The van der Waals surface area contributed by atoms with Crippen molar-refractivity contribution in [3.63, 3.8) is 0 Å². The van der Waals surface area contributed by atoms with E-state index in [9.17, 15) is 4.79 Å². The lowest BCUT2D eigenvalue weighted by Gasteiger charge is -2.02. The number of fused-ring (bicyclic) bond motifs is 1. The van der Waals surface area contributed by atoms with Gasteiger partial charge in [0.1, 0.15) is 0 Å². The third-order valence-electron chi connectivity index (χ3n) is 3.44. The number of nitrogens with zero attached hydrogens (tertiary/aromatic N) is 1. The van der Waals surface area contributed by atoms with Gasteiger partial charge < -0.3 is 9.51 Å². The van der Waals surface area contributed by atoms with E-state index < -0.39 is 0 Å². The summed E-state index contributed by atoms with van der Waals surface area (Å²) in [6.45, 7) is 5.86. The quantitative estimate of drug-likeness (QED) is 0.749. The molecule has 0 aliphatic heterocycles. The summed E-state index contributed by atoms with van der Waals surface area (Å²) in [6, 6.07) is 7.26. The molecule has 0 saturated carbocycles. The van der Waals surface area contributed by atoms with Crippen LogP contribution >= 0.6 is 0 Å². The number of amides is 1. The summed E-state index contributed by atoms with van der Waals surface area (Å²) in [5, 5.41) is 7.49. The van der Waals surface area contributed by atoms with Crippen LogP contribution in [0.1, 0.15) is 27.3 Å². The van der Waals surface area contributed by atoms with Crippen LogP contribution in [0.5, 0.6) is 0 Å². The van der Waals surface area contributed by atoms with Crippen LogP contribution in [0.3, 0.4) is 0 Å². The molecule has 0 fully saturated rings. The Bertz CT molecular complexity index is 799. The number of aromatic amines is 1. The first-order valence-electron chi connectivity index (χ1n) is 6.38. The fraction of sp³-hybridized carbons (Fsp3) is 0.200. The Morgan fingerprint density at radius 1 is 1.25 bits per heavy atom. The first kappa shape index (κ1) is 12.5. The lowest BCUT2D eigenvalue weighted by atomic mass is 10.1. The number of aromatic nitrogens is 2. The van der Waals surface area contributed by atoms with Gasteiger partial charge in [-0.2, -0.15) is 0 Å². The molecule has 0 saturated heterocycles. The molecule has 0 bridgehead atoms. The highest BCUT2D eigenvalue weighted by Gasteiger charge is 2.12. The molecule has 0 aliphatic rings. The van der Waals surface area contributed by atoms with E-state index in [0.29, 0.717) is 11.4 Å². The average molecular weight is 269 g/mol. The summed E-state index contributed by atoms with van der Waals surface area (Å²) in [5.74, 6) is 0.149. The topological polar surface area (TPSA) is 70.9 Å². The van der Waals surface area contributed by atoms with Crippen LogP contribution < -0.4 is 5.32 Å². The Hall–Kier alpha value is -2.56. The lowest BCUT2D eigenvalue weighted by molar-refractivity contribution is 0.102. The highest BCUT2D eigenvalue weighted by Crippen LogP contribution is 2.23. The Labute approximate surface area is 116 Å². The Morgan fingerprint density at radius 2 is 2.05 bits per heavy atom.